The van der Waals surface area contributed by atoms with Gasteiger partial charge in [-0.2, -0.15) is 4.89 Å². The molecule has 0 atom stereocenters. The van der Waals surface area contributed by atoms with Gasteiger partial charge in [0.25, 0.3) is 0 Å². The number of nitrogens with zero attached hydrogens (tertiary/aromatic N) is 1. The molecule has 1 aromatic carbocycles. The molecule has 15 nitrogen and oxygen atoms in total. The number of nitrogens with one attached hydrogen (secondary N) is 2. The predicted octanol–water partition coefficient (Wildman–Crippen LogP) is 3.32. The normalized spacial score (nSPS) is 11.3. The Morgan fingerprint density at radius 3 is 2.00 bits per heavy atom. The van der Waals surface area contributed by atoms with E-state index in [-0.39, 0.29) is 52.3 Å². The molecule has 0 aliphatic carbocycles. The highest BCUT2D eigenvalue weighted by molar-refractivity contribution is 6.01. The largest absolute Gasteiger partial charge is 0.468 e. The minimum atomic E-state index is -0.776. The Morgan fingerprint density at radius 1 is 0.800 bits per heavy atom. The maximum Gasteiger partial charge on any atom is 0.414 e. The summed E-state index contributed by atoms with van der Waals surface area (Å²) in [5.41, 5.74) is -0.702. The van der Waals surface area contributed by atoms with Gasteiger partial charge in [-0.05, 0) is 59.2 Å². The molecule has 0 heterocycles. The average Bonchev–Trinajstić information content (AvgIpc) is 2.83. The molecule has 1 aromatic rings. The van der Waals surface area contributed by atoms with E-state index in [2.05, 4.69) is 35.3 Å². The second kappa shape index (κ2) is 18.9. The minimum absolute atomic E-state index is 0.0425. The summed E-state index contributed by atoms with van der Waals surface area (Å²) in [5.74, 6) is 0.420. The molecule has 2 amide bonds. The zero-order valence-electron chi connectivity index (χ0n) is 23.7. The van der Waals surface area contributed by atoms with Crippen LogP contribution in [0.25, 0.3) is 0 Å². The summed E-state index contributed by atoms with van der Waals surface area (Å²) in [7, 11) is 0. The van der Waals surface area contributed by atoms with Crippen LogP contribution in [0.2, 0.25) is 0 Å². The molecular weight excluding hydrogens is 534 g/mol. The van der Waals surface area contributed by atoms with Crippen molar-refractivity contribution in [2.24, 2.45) is 4.99 Å². The topological polar surface area (TPSA) is 171 Å². The molecule has 0 unspecified atom stereocenters. The summed E-state index contributed by atoms with van der Waals surface area (Å²) >= 11 is 0. The van der Waals surface area contributed by atoms with E-state index in [0.717, 1.165) is 5.56 Å². The molecular formula is C25H39N3O12. The van der Waals surface area contributed by atoms with Gasteiger partial charge in [0.2, 0.25) is 12.8 Å². The third-order valence-electron chi connectivity index (χ3n) is 3.80. The Balaban J connectivity index is 2.42. The van der Waals surface area contributed by atoms with Crippen molar-refractivity contribution in [1.82, 2.24) is 10.6 Å². The van der Waals surface area contributed by atoms with Crippen molar-refractivity contribution in [1.29, 1.82) is 0 Å². The van der Waals surface area contributed by atoms with Crippen LogP contribution in [0.5, 0.6) is 5.75 Å². The number of carbonyl (C=O) groups excluding carboxylic acids is 3. The number of aldehydes is 1. The Bertz CT molecular complexity index is 879. The van der Waals surface area contributed by atoms with E-state index in [9.17, 15) is 14.4 Å². The molecule has 2 N–H and O–H groups in total. The molecule has 0 fully saturated rings. The first-order chi connectivity index (χ1) is 18.9. The van der Waals surface area contributed by atoms with Crippen LogP contribution in [0, 0.1) is 0 Å². The smallest absolute Gasteiger partial charge is 0.414 e. The lowest BCUT2D eigenvalue weighted by atomic mass is 10.2. The van der Waals surface area contributed by atoms with E-state index in [1.54, 1.807) is 65.8 Å². The second-order valence-corrected chi connectivity index (χ2v) is 9.75. The Kier molecular flexibility index (Phi) is 16.4. The highest BCUT2D eigenvalue weighted by atomic mass is 17.5. The molecule has 0 saturated carbocycles. The van der Waals surface area contributed by atoms with Crippen LogP contribution in [-0.2, 0) is 50.1 Å². The molecule has 226 valence electrons. The van der Waals surface area contributed by atoms with Gasteiger partial charge in [0.05, 0.1) is 19.8 Å². The number of aliphatic imine (C=N–C) groups is 1. The Morgan fingerprint density at radius 2 is 1.43 bits per heavy atom. The van der Waals surface area contributed by atoms with Gasteiger partial charge in [0.15, 0.2) is 6.79 Å². The third kappa shape index (κ3) is 19.7. The lowest BCUT2D eigenvalue weighted by Crippen LogP contribution is -2.47. The van der Waals surface area contributed by atoms with Crippen LogP contribution in [-0.4, -0.2) is 69.0 Å². The van der Waals surface area contributed by atoms with Crippen LogP contribution >= 0.6 is 0 Å². The maximum absolute atomic E-state index is 12.2. The SMILES string of the molecule is CC(C)(C)OC(=O)NC(=NCc1ccc(OCOCCOOOCOOCCC=O)cc1)NC(=O)OC(C)(C)C. The number of guanidine groups is 1. The fourth-order valence-corrected chi connectivity index (χ4v) is 2.33. The zero-order chi connectivity index (χ0) is 29.9. The number of hydrogen-bond acceptors (Lipinski definition) is 13. The zero-order valence-corrected chi connectivity index (χ0v) is 23.7. The monoisotopic (exact) mass is 573 g/mol. The molecule has 1 rings (SSSR count). The fourth-order valence-electron chi connectivity index (χ4n) is 2.33. The van der Waals surface area contributed by atoms with Crippen molar-refractivity contribution in [3.8, 4) is 5.75 Å². The van der Waals surface area contributed by atoms with Crippen molar-refractivity contribution >= 4 is 24.4 Å². The number of benzene rings is 1. The lowest BCUT2D eigenvalue weighted by molar-refractivity contribution is -0.548. The Labute approximate surface area is 233 Å². The van der Waals surface area contributed by atoms with E-state index in [0.29, 0.717) is 12.0 Å². The summed E-state index contributed by atoms with van der Waals surface area (Å²) in [6.45, 7) is 10.4. The second-order valence-electron chi connectivity index (χ2n) is 9.75. The summed E-state index contributed by atoms with van der Waals surface area (Å²) < 4.78 is 21.2. The quantitative estimate of drug-likeness (QED) is 0.0563. The van der Waals surface area contributed by atoms with Crippen molar-refractivity contribution in [3.63, 3.8) is 0 Å². The number of hydrogen-bond donors (Lipinski definition) is 2. The first-order valence-corrected chi connectivity index (χ1v) is 12.3. The molecule has 40 heavy (non-hydrogen) atoms. The minimum Gasteiger partial charge on any atom is -0.468 e. The van der Waals surface area contributed by atoms with Gasteiger partial charge in [0.1, 0.15) is 29.8 Å². The number of alkyl carbamates (subject to hydrolysis) is 2. The first-order valence-electron chi connectivity index (χ1n) is 12.3. The van der Waals surface area contributed by atoms with E-state index in [4.69, 9.17) is 23.8 Å². The van der Waals surface area contributed by atoms with Gasteiger partial charge >= 0.3 is 12.2 Å². The van der Waals surface area contributed by atoms with Gasteiger partial charge in [-0.1, -0.05) is 17.2 Å². The van der Waals surface area contributed by atoms with Crippen LogP contribution < -0.4 is 15.4 Å². The lowest BCUT2D eigenvalue weighted by Gasteiger charge is -2.22. The fraction of sp³-hybridized carbons (Fsp3) is 0.600. The van der Waals surface area contributed by atoms with Crippen molar-refractivity contribution < 1.29 is 57.9 Å². The number of ether oxygens (including phenoxy) is 4. The molecule has 0 bridgehead atoms. The van der Waals surface area contributed by atoms with Crippen molar-refractivity contribution in [3.05, 3.63) is 29.8 Å². The summed E-state index contributed by atoms with van der Waals surface area (Å²) in [6, 6.07) is 6.94. The number of carbonyl (C=O) groups is 3. The van der Waals surface area contributed by atoms with Gasteiger partial charge in [0, 0.05) is 6.42 Å². The molecule has 0 spiro atoms. The molecule has 0 radical (unpaired) electrons. The van der Waals surface area contributed by atoms with E-state index in [1.807, 2.05) is 0 Å². The molecule has 0 aliphatic heterocycles. The predicted molar refractivity (Wildman–Crippen MR) is 138 cm³/mol. The number of rotatable bonds is 16. The first kappa shape index (κ1) is 34.7. The Hall–Kier alpha value is -3.34. The van der Waals surface area contributed by atoms with Gasteiger partial charge in [-0.3, -0.25) is 10.6 Å². The average molecular weight is 574 g/mol. The highest BCUT2D eigenvalue weighted by Crippen LogP contribution is 2.13. The standard InChI is InChI=1S/C25H39N3O12/c1-24(2,3)38-22(30)27-21(28-23(31)39-25(4,5)6)26-16-19-8-10-20(11-9-19)33-17-32-14-15-35-40-37-18-36-34-13-7-12-29/h8-12H,7,13-18H2,1-6H3,(H2,26,27,28,30,31). The third-order valence-corrected chi connectivity index (χ3v) is 3.80. The van der Waals surface area contributed by atoms with Crippen LogP contribution in [0.3, 0.4) is 0 Å². The molecule has 0 aliphatic rings. The highest BCUT2D eigenvalue weighted by Gasteiger charge is 2.21. The van der Waals surface area contributed by atoms with Gasteiger partial charge in [-0.25, -0.2) is 29.2 Å². The van der Waals surface area contributed by atoms with Crippen LogP contribution in [0.4, 0.5) is 9.59 Å². The van der Waals surface area contributed by atoms with Gasteiger partial charge < -0.3 is 23.7 Å². The molecule has 15 heteroatoms. The van der Waals surface area contributed by atoms with Crippen molar-refractivity contribution in [2.45, 2.75) is 65.7 Å². The van der Waals surface area contributed by atoms with E-state index in [1.165, 1.54) is 0 Å². The maximum atomic E-state index is 12.2. The summed E-state index contributed by atoms with van der Waals surface area (Å²) in [5, 5.41) is 9.23. The molecule has 0 saturated heterocycles. The van der Waals surface area contributed by atoms with E-state index < -0.39 is 23.4 Å². The van der Waals surface area contributed by atoms with Crippen LogP contribution in [0.1, 0.15) is 53.5 Å². The van der Waals surface area contributed by atoms with Crippen molar-refractivity contribution in [2.75, 3.05) is 33.4 Å². The van der Waals surface area contributed by atoms with E-state index >= 15 is 0 Å². The molecule has 0 aromatic heterocycles. The van der Waals surface area contributed by atoms with Gasteiger partial charge in [-0.15, -0.1) is 0 Å². The summed E-state index contributed by atoms with van der Waals surface area (Å²) in [4.78, 5) is 57.0. The summed E-state index contributed by atoms with van der Waals surface area (Å²) in [6.07, 6.45) is -0.651. The van der Waals surface area contributed by atoms with Crippen LogP contribution in [0.15, 0.2) is 29.3 Å². The number of amides is 2.